The van der Waals surface area contributed by atoms with Gasteiger partial charge in [0.05, 0.1) is 15.5 Å². The first-order valence-corrected chi connectivity index (χ1v) is 11.7. The Bertz CT molecular complexity index is 1020. The SMILES string of the molecule is CC(C)Oc1ccc(/C=C2\SC(=O)N(CC(=O)Nc3ccc(I)cc3)C2=O)cc1Br. The lowest BCUT2D eigenvalue weighted by Gasteiger charge is -2.12. The number of carbonyl (C=O) groups is 3. The molecular weight excluding hydrogens is 583 g/mol. The van der Waals surface area contributed by atoms with Crippen molar-refractivity contribution in [3.8, 4) is 5.75 Å². The number of imide groups is 1. The fourth-order valence-corrected chi connectivity index (χ4v) is 4.31. The third-order valence-electron chi connectivity index (χ3n) is 3.92. The van der Waals surface area contributed by atoms with Gasteiger partial charge < -0.3 is 10.1 Å². The topological polar surface area (TPSA) is 75.7 Å². The summed E-state index contributed by atoms with van der Waals surface area (Å²) in [6.45, 7) is 3.54. The number of thioether (sulfide) groups is 1. The highest BCUT2D eigenvalue weighted by Crippen LogP contribution is 2.34. The van der Waals surface area contributed by atoms with E-state index in [1.54, 1.807) is 30.3 Å². The van der Waals surface area contributed by atoms with E-state index < -0.39 is 17.1 Å². The van der Waals surface area contributed by atoms with Crippen LogP contribution in [0.5, 0.6) is 5.75 Å². The third-order valence-corrected chi connectivity index (χ3v) is 6.17. The van der Waals surface area contributed by atoms with Crippen molar-refractivity contribution in [3.63, 3.8) is 0 Å². The molecule has 1 N–H and O–H groups in total. The van der Waals surface area contributed by atoms with Gasteiger partial charge in [0.15, 0.2) is 0 Å². The second kappa shape index (κ2) is 9.97. The molecule has 1 saturated heterocycles. The number of nitrogens with one attached hydrogen (secondary N) is 1. The van der Waals surface area contributed by atoms with Crippen molar-refractivity contribution in [1.82, 2.24) is 4.90 Å². The monoisotopic (exact) mass is 600 g/mol. The molecular formula is C21H18BrIN2O4S. The molecule has 0 saturated carbocycles. The van der Waals surface area contributed by atoms with Crippen molar-refractivity contribution in [2.24, 2.45) is 0 Å². The molecule has 0 unspecified atom stereocenters. The Labute approximate surface area is 200 Å². The fraction of sp³-hybridized carbons (Fsp3) is 0.190. The lowest BCUT2D eigenvalue weighted by atomic mass is 10.2. The molecule has 0 aromatic heterocycles. The summed E-state index contributed by atoms with van der Waals surface area (Å²) in [5, 5.41) is 2.22. The highest BCUT2D eigenvalue weighted by molar-refractivity contribution is 14.1. The van der Waals surface area contributed by atoms with Gasteiger partial charge in [-0.3, -0.25) is 19.3 Å². The minimum atomic E-state index is -0.485. The van der Waals surface area contributed by atoms with Crippen molar-refractivity contribution in [2.75, 3.05) is 11.9 Å². The highest BCUT2D eigenvalue weighted by atomic mass is 127. The number of carbonyl (C=O) groups excluding carboxylic acids is 3. The summed E-state index contributed by atoms with van der Waals surface area (Å²) in [6.07, 6.45) is 1.67. The molecule has 0 atom stereocenters. The zero-order valence-electron chi connectivity index (χ0n) is 16.1. The van der Waals surface area contributed by atoms with Crippen LogP contribution < -0.4 is 10.1 Å². The zero-order valence-corrected chi connectivity index (χ0v) is 20.7. The standard InChI is InChI=1S/C21H18BrIN2O4S/c1-12(2)29-17-8-3-13(9-16(17)22)10-18-20(27)25(21(28)30-18)11-19(26)24-15-6-4-14(23)5-7-15/h3-10,12H,11H2,1-2H3,(H,24,26)/b18-10-. The summed E-state index contributed by atoms with van der Waals surface area (Å²) in [7, 11) is 0. The molecule has 0 radical (unpaired) electrons. The van der Waals surface area contributed by atoms with Crippen LogP contribution in [-0.2, 0) is 9.59 Å². The molecule has 3 amide bonds. The number of nitrogens with zero attached hydrogens (tertiary/aromatic N) is 1. The van der Waals surface area contributed by atoms with Crippen LogP contribution >= 0.6 is 50.3 Å². The normalized spacial score (nSPS) is 15.2. The van der Waals surface area contributed by atoms with E-state index in [1.807, 2.05) is 32.0 Å². The van der Waals surface area contributed by atoms with Gasteiger partial charge >= 0.3 is 0 Å². The van der Waals surface area contributed by atoms with E-state index in [0.29, 0.717) is 11.4 Å². The molecule has 30 heavy (non-hydrogen) atoms. The third kappa shape index (κ3) is 5.86. The maximum absolute atomic E-state index is 12.6. The lowest BCUT2D eigenvalue weighted by Crippen LogP contribution is -2.36. The first kappa shape index (κ1) is 22.8. The van der Waals surface area contributed by atoms with Gasteiger partial charge in [0, 0.05) is 9.26 Å². The number of halogens is 2. The molecule has 156 valence electrons. The Balaban J connectivity index is 1.68. The predicted octanol–water partition coefficient (Wildman–Crippen LogP) is 5.52. The summed E-state index contributed by atoms with van der Waals surface area (Å²) >= 11 is 6.44. The van der Waals surface area contributed by atoms with Gasteiger partial charge in [-0.15, -0.1) is 0 Å². The van der Waals surface area contributed by atoms with E-state index in [1.165, 1.54) is 0 Å². The van der Waals surface area contributed by atoms with Gasteiger partial charge in [0.1, 0.15) is 12.3 Å². The molecule has 1 aliphatic rings. The molecule has 2 aromatic carbocycles. The van der Waals surface area contributed by atoms with E-state index in [-0.39, 0.29) is 17.6 Å². The van der Waals surface area contributed by atoms with Crippen LogP contribution in [0.4, 0.5) is 10.5 Å². The van der Waals surface area contributed by atoms with Gasteiger partial charge in [0.25, 0.3) is 11.1 Å². The number of rotatable bonds is 6. The average molecular weight is 601 g/mol. The van der Waals surface area contributed by atoms with E-state index in [0.717, 1.165) is 30.3 Å². The van der Waals surface area contributed by atoms with Gasteiger partial charge in [-0.25, -0.2) is 0 Å². The summed E-state index contributed by atoms with van der Waals surface area (Å²) in [6, 6.07) is 12.7. The molecule has 0 spiro atoms. The van der Waals surface area contributed by atoms with Crippen LogP contribution in [-0.4, -0.2) is 34.6 Å². The number of ether oxygens (including phenoxy) is 1. The molecule has 1 fully saturated rings. The van der Waals surface area contributed by atoms with Crippen LogP contribution in [0.25, 0.3) is 6.08 Å². The van der Waals surface area contributed by atoms with Crippen molar-refractivity contribution >= 4 is 79.1 Å². The maximum Gasteiger partial charge on any atom is 0.294 e. The second-order valence-electron chi connectivity index (χ2n) is 6.68. The van der Waals surface area contributed by atoms with Gasteiger partial charge in [-0.1, -0.05) is 6.07 Å². The van der Waals surface area contributed by atoms with Crippen LogP contribution in [0.3, 0.4) is 0 Å². The molecule has 9 heteroatoms. The predicted molar refractivity (Wildman–Crippen MR) is 130 cm³/mol. The number of hydrogen-bond donors (Lipinski definition) is 1. The fourth-order valence-electron chi connectivity index (χ4n) is 2.62. The second-order valence-corrected chi connectivity index (χ2v) is 9.77. The average Bonchev–Trinajstić information content (AvgIpc) is 2.93. The van der Waals surface area contributed by atoms with Crippen molar-refractivity contribution in [1.29, 1.82) is 0 Å². The smallest absolute Gasteiger partial charge is 0.294 e. The maximum atomic E-state index is 12.6. The number of benzene rings is 2. The van der Waals surface area contributed by atoms with E-state index >= 15 is 0 Å². The lowest BCUT2D eigenvalue weighted by molar-refractivity contribution is -0.127. The number of amides is 3. The largest absolute Gasteiger partial charge is 0.490 e. The summed E-state index contributed by atoms with van der Waals surface area (Å²) in [4.78, 5) is 38.4. The quantitative estimate of drug-likeness (QED) is 0.349. The summed E-state index contributed by atoms with van der Waals surface area (Å²) in [5.74, 6) is -0.221. The molecule has 1 heterocycles. The van der Waals surface area contributed by atoms with Gasteiger partial charge in [0.2, 0.25) is 5.91 Å². The van der Waals surface area contributed by atoms with Crippen LogP contribution in [0.1, 0.15) is 19.4 Å². The molecule has 0 aliphatic carbocycles. The minimum absolute atomic E-state index is 0.0364. The Kier molecular flexibility index (Phi) is 7.59. The molecule has 1 aliphatic heterocycles. The minimum Gasteiger partial charge on any atom is -0.490 e. The van der Waals surface area contributed by atoms with Gasteiger partial charge in [-0.05, 0) is 112 Å². The summed E-state index contributed by atoms with van der Waals surface area (Å²) in [5.41, 5.74) is 1.35. The zero-order chi connectivity index (χ0) is 21.8. The Morgan fingerprint density at radius 1 is 1.23 bits per heavy atom. The Morgan fingerprint density at radius 2 is 1.93 bits per heavy atom. The van der Waals surface area contributed by atoms with E-state index in [4.69, 9.17) is 4.74 Å². The van der Waals surface area contributed by atoms with Crippen molar-refractivity contribution in [2.45, 2.75) is 20.0 Å². The first-order valence-electron chi connectivity index (χ1n) is 9.00. The number of hydrogen-bond acceptors (Lipinski definition) is 5. The van der Waals surface area contributed by atoms with Crippen molar-refractivity contribution < 1.29 is 19.1 Å². The molecule has 0 bridgehead atoms. The van der Waals surface area contributed by atoms with Gasteiger partial charge in [-0.2, -0.15) is 0 Å². The van der Waals surface area contributed by atoms with Crippen molar-refractivity contribution in [3.05, 3.63) is 61.0 Å². The number of anilines is 1. The first-order chi connectivity index (χ1) is 14.2. The Morgan fingerprint density at radius 3 is 2.57 bits per heavy atom. The van der Waals surface area contributed by atoms with Crippen LogP contribution in [0.2, 0.25) is 0 Å². The molecule has 3 rings (SSSR count). The Hall–Kier alpha value is -1.85. The summed E-state index contributed by atoms with van der Waals surface area (Å²) < 4.78 is 7.47. The highest BCUT2D eigenvalue weighted by Gasteiger charge is 2.36. The van der Waals surface area contributed by atoms with Crippen LogP contribution in [0.15, 0.2) is 51.8 Å². The van der Waals surface area contributed by atoms with E-state index in [2.05, 4.69) is 43.8 Å². The molecule has 2 aromatic rings. The molecule has 6 nitrogen and oxygen atoms in total. The van der Waals surface area contributed by atoms with E-state index in [9.17, 15) is 14.4 Å². The van der Waals surface area contributed by atoms with Crippen LogP contribution in [0, 0.1) is 3.57 Å².